The number of rotatable bonds is 21. The normalized spacial score (nSPS) is 16.1. The zero-order chi connectivity index (χ0) is 91.8. The van der Waals surface area contributed by atoms with Crippen molar-refractivity contribution < 1.29 is 72.7 Å². The summed E-state index contributed by atoms with van der Waals surface area (Å²) < 4.78 is 122. The van der Waals surface area contributed by atoms with Gasteiger partial charge in [0, 0.05) is 143 Å². The molecule has 5 aliphatic heterocycles. The van der Waals surface area contributed by atoms with Gasteiger partial charge in [0.2, 0.25) is 0 Å². The number of piperidine rings is 5. The Balaban J connectivity index is 0.000000167. The molecule has 5 fully saturated rings. The molecule has 10 amide bonds. The highest BCUT2D eigenvalue weighted by atomic mass is 35.5. The lowest BCUT2D eigenvalue weighted by Gasteiger charge is -2.37. The summed E-state index contributed by atoms with van der Waals surface area (Å²) in [5.74, 6) is -2.80. The number of alkyl halides is 8. The number of ketones is 1. The number of aryl methyl sites for hydroxylation is 1. The van der Waals surface area contributed by atoms with Crippen LogP contribution in [0.2, 0.25) is 5.02 Å². The number of benzene rings is 8. The van der Waals surface area contributed by atoms with E-state index in [2.05, 4.69) is 128 Å². The Labute approximate surface area is 747 Å². The van der Waals surface area contributed by atoms with Gasteiger partial charge in [0.1, 0.15) is 11.6 Å². The zero-order valence-electron chi connectivity index (χ0n) is 72.7. The van der Waals surface area contributed by atoms with Gasteiger partial charge < -0.3 is 67.0 Å². The highest BCUT2D eigenvalue weighted by Crippen LogP contribution is 2.36. The molecule has 9 N–H and O–H groups in total. The minimum absolute atomic E-state index is 0.0122. The first-order valence-electron chi connectivity index (χ1n) is 43.2. The molecule has 0 spiro atoms. The number of para-hydroxylation sites is 1. The average Bonchev–Trinajstić information content (AvgIpc) is 1.23. The van der Waals surface area contributed by atoms with E-state index < -0.39 is 53.3 Å². The van der Waals surface area contributed by atoms with Crippen LogP contribution in [0.4, 0.5) is 91.9 Å². The molecule has 14 rings (SSSR count). The number of urea groups is 5. The number of likely N-dealkylation sites (tertiary alicyclic amines) is 5. The van der Waals surface area contributed by atoms with Crippen LogP contribution in [0, 0.1) is 12.7 Å². The first-order valence-corrected chi connectivity index (χ1v) is 43.6. The molecular weight excluding hydrogens is 1680 g/mol. The summed E-state index contributed by atoms with van der Waals surface area (Å²) in [6.45, 7) is 19.5. The highest BCUT2D eigenvalue weighted by molar-refractivity contribution is 6.31. The number of carbonyl (C=O) groups excluding carboxylic acids is 6. The summed E-state index contributed by atoms with van der Waals surface area (Å²) in [7, 11) is 2.01. The van der Waals surface area contributed by atoms with Crippen LogP contribution in [-0.4, -0.2) is 175 Å². The smallest absolute Gasteiger partial charge is 0.416 e. The number of hydrogen-bond donors (Lipinski definition) is 9. The Morgan fingerprint density at radius 1 is 0.438 bits per heavy atom. The summed E-state index contributed by atoms with van der Waals surface area (Å²) in [4.78, 5) is 86.3. The number of nitrogens with one attached hydrogen (secondary N) is 9. The minimum atomic E-state index is -4.44. The Hall–Kier alpha value is -11.5. The van der Waals surface area contributed by atoms with Crippen molar-refractivity contribution in [3.05, 3.63) is 280 Å². The fourth-order valence-electron chi connectivity index (χ4n) is 15.5. The van der Waals surface area contributed by atoms with Gasteiger partial charge in [-0.15, -0.1) is 0 Å². The summed E-state index contributed by atoms with van der Waals surface area (Å²) in [6, 6.07) is 58.3. The topological polar surface area (TPSA) is 243 Å². The number of carbonyl (C=O) groups is 6. The standard InChI is InChI=1S/C21H24F3N3O.C21H25F2N3O.C21H25N3O2.C19H23ClFN3O2.C14H18F3N3O/c1-15-7-8-17(21(22,23)24)13-19(15)26-20(28)25-18-9-11-27(12-10-18)14-16-5-3-2-4-6-16;1-21(22,23)18-9-5-6-10-19(18)25-20(27)24-17-11-13-26(14-12-17)15-16-7-3-2-4-8-16;1-16(25)18-8-5-9-20(14-18)23-21(26)22-19-10-12-24(13-11-19)15-17-6-3-2-4-7-17;1-2-23-9-7-15(8-10-23)24(13-16-4-3-11-26-16)19(25)22-14-5-6-18(21)17(20)12-14;1-20-7-5-11(6-8-20)18-13(21)19-12-4-2-3-10(9-12)14(15,16)17/h2-8,13,18H,9-12,14H2,1H3,(H2,25,26,28);2-10,17H,11-15H2,1H3,(H2,24,25,27);2-9,14,19H,10-13,15H2,1H3,(H2,22,23,26);3-6,11-12,15H,2,7-10,13H2,1H3,(H,22,25);2-4,9,11H,5-8H2,1H3,(H2,18,19,21). The van der Waals surface area contributed by atoms with Gasteiger partial charge in [0.25, 0.3) is 5.92 Å². The number of anilines is 5. The third-order valence-electron chi connectivity index (χ3n) is 22.8. The Kier molecular flexibility index (Phi) is 37.5. The molecule has 9 aromatic rings. The number of hydrogen-bond acceptors (Lipinski definition) is 12. The van der Waals surface area contributed by atoms with Crippen molar-refractivity contribution in [2.24, 2.45) is 0 Å². The second kappa shape index (κ2) is 48.6. The van der Waals surface area contributed by atoms with E-state index in [1.165, 1.54) is 78.2 Å². The van der Waals surface area contributed by atoms with Crippen LogP contribution >= 0.6 is 11.6 Å². The molecule has 22 nitrogen and oxygen atoms in total. The van der Waals surface area contributed by atoms with Crippen molar-refractivity contribution in [2.45, 2.75) is 167 Å². The van der Waals surface area contributed by atoms with Crippen molar-refractivity contribution >= 4 is 76.0 Å². The predicted molar refractivity (Wildman–Crippen MR) is 483 cm³/mol. The lowest BCUT2D eigenvalue weighted by Crippen LogP contribution is -2.48. The quantitative estimate of drug-likeness (QED) is 0.0241. The van der Waals surface area contributed by atoms with Crippen LogP contribution in [0.15, 0.2) is 223 Å². The van der Waals surface area contributed by atoms with Crippen LogP contribution in [0.25, 0.3) is 0 Å². The average molecular weight is 1800 g/mol. The maximum Gasteiger partial charge on any atom is 0.416 e. The van der Waals surface area contributed by atoms with E-state index in [4.69, 9.17) is 16.0 Å². The molecule has 5 saturated heterocycles. The molecule has 8 aromatic carbocycles. The molecule has 6 heterocycles. The molecule has 0 bridgehead atoms. The Bertz CT molecular complexity index is 4960. The Morgan fingerprint density at radius 3 is 1.30 bits per heavy atom. The zero-order valence-corrected chi connectivity index (χ0v) is 73.4. The third-order valence-corrected chi connectivity index (χ3v) is 23.1. The molecule has 0 saturated carbocycles. The monoisotopic (exact) mass is 1800 g/mol. The molecule has 1 aromatic heterocycles. The van der Waals surface area contributed by atoms with Gasteiger partial charge in [0.05, 0.1) is 34.6 Å². The minimum Gasteiger partial charge on any atom is -0.467 e. The van der Waals surface area contributed by atoms with Crippen LogP contribution in [-0.2, 0) is 44.5 Å². The van der Waals surface area contributed by atoms with Crippen molar-refractivity contribution in [2.75, 3.05) is 106 Å². The first kappa shape index (κ1) is 98.7. The fraction of sp³-hybridized carbons (Fsp3) is 0.396. The third kappa shape index (κ3) is 33.3. The van der Waals surface area contributed by atoms with Crippen LogP contribution in [0.3, 0.4) is 0 Å². The van der Waals surface area contributed by atoms with Gasteiger partial charge in [-0.25, -0.2) is 37.1 Å². The van der Waals surface area contributed by atoms with Gasteiger partial charge in [-0.05, 0) is 206 Å². The second-order valence-electron chi connectivity index (χ2n) is 32.7. The lowest BCUT2D eigenvalue weighted by atomic mass is 10.0. The van der Waals surface area contributed by atoms with Gasteiger partial charge >= 0.3 is 42.5 Å². The molecule has 0 atom stereocenters. The number of amides is 10. The summed E-state index contributed by atoms with van der Waals surface area (Å²) in [6.07, 6.45) is 1.42. The number of nitrogens with zero attached hydrogens (tertiary/aromatic N) is 6. The molecular formula is C96H115ClF9N15O7. The van der Waals surface area contributed by atoms with Crippen molar-refractivity contribution in [3.63, 3.8) is 0 Å². The molecule has 0 unspecified atom stereocenters. The van der Waals surface area contributed by atoms with E-state index in [9.17, 15) is 68.3 Å². The molecule has 32 heteroatoms. The van der Waals surface area contributed by atoms with Gasteiger partial charge in [-0.3, -0.25) is 19.5 Å². The van der Waals surface area contributed by atoms with E-state index in [1.54, 1.807) is 48.4 Å². The van der Waals surface area contributed by atoms with Crippen molar-refractivity contribution in [1.29, 1.82) is 0 Å². The van der Waals surface area contributed by atoms with Gasteiger partial charge in [-0.1, -0.05) is 152 Å². The summed E-state index contributed by atoms with van der Waals surface area (Å²) in [5.41, 5.74) is 4.85. The van der Waals surface area contributed by atoms with E-state index in [1.807, 2.05) is 61.6 Å². The SMILES string of the molecule is CC(=O)c1cccc(NC(=O)NC2CCN(Cc3ccccc3)CC2)c1.CC(F)(F)c1ccccc1NC(=O)NC1CCN(Cc2ccccc2)CC1.CCN1CCC(N(Cc2ccco2)C(=O)Nc2ccc(F)c(Cl)c2)CC1.CN1CCC(NC(=O)Nc2cccc(C(F)(F)F)c2)CC1.Cc1ccc(C(F)(F)F)cc1NC(=O)NC1CCN(Cc2ccccc2)CC1. The van der Waals surface area contributed by atoms with Crippen LogP contribution in [0.5, 0.6) is 0 Å². The van der Waals surface area contributed by atoms with E-state index >= 15 is 0 Å². The predicted octanol–water partition coefficient (Wildman–Crippen LogP) is 20.6. The fourth-order valence-corrected chi connectivity index (χ4v) is 15.7. The molecule has 0 radical (unpaired) electrons. The number of furan rings is 1. The highest BCUT2D eigenvalue weighted by Gasteiger charge is 2.35. The number of halogens is 10. The van der Waals surface area contributed by atoms with E-state index in [0.29, 0.717) is 29.0 Å². The molecule has 0 aliphatic carbocycles. The molecule has 128 heavy (non-hydrogen) atoms. The van der Waals surface area contributed by atoms with Crippen LogP contribution < -0.4 is 47.9 Å². The maximum absolute atomic E-state index is 13.7. The summed E-state index contributed by atoms with van der Waals surface area (Å²) in [5, 5.41) is 24.8. The van der Waals surface area contributed by atoms with Crippen LogP contribution in [0.1, 0.15) is 140 Å². The van der Waals surface area contributed by atoms with Gasteiger partial charge in [0.15, 0.2) is 5.78 Å². The molecule has 5 aliphatic rings. The second-order valence-corrected chi connectivity index (χ2v) is 33.1. The molecule has 686 valence electrons. The Morgan fingerprint density at radius 2 is 0.859 bits per heavy atom. The van der Waals surface area contributed by atoms with E-state index in [0.717, 1.165) is 193 Å². The number of Topliss-reactive ketones (excluding diaryl/α,β-unsaturated/α-hetero) is 1. The van der Waals surface area contributed by atoms with E-state index in [-0.39, 0.29) is 75.7 Å². The van der Waals surface area contributed by atoms with Crippen molar-refractivity contribution in [3.8, 4) is 0 Å². The largest absolute Gasteiger partial charge is 0.467 e. The van der Waals surface area contributed by atoms with Gasteiger partial charge in [-0.2, -0.15) is 26.3 Å². The summed E-state index contributed by atoms with van der Waals surface area (Å²) >= 11 is 5.81. The van der Waals surface area contributed by atoms with Crippen molar-refractivity contribution in [1.82, 2.24) is 50.7 Å². The maximum atomic E-state index is 13.7. The lowest BCUT2D eigenvalue weighted by molar-refractivity contribution is -0.138. The first-order chi connectivity index (χ1) is 61.2.